The van der Waals surface area contributed by atoms with Crippen LogP contribution in [0.5, 0.6) is 17.2 Å². The van der Waals surface area contributed by atoms with Gasteiger partial charge < -0.3 is 14.6 Å². The number of nitriles is 1. The predicted octanol–water partition coefficient (Wildman–Crippen LogP) is 1.65. The molecule has 0 bridgehead atoms. The first-order chi connectivity index (χ1) is 6.24. The standard InChI is InChI=1S/C8H4ClNO3/c9-6-7(11)4(2-10)1-5-8(6)13-3-12-5/h1,11H,3H2. The van der Waals surface area contributed by atoms with Gasteiger partial charge in [-0.05, 0) is 0 Å². The van der Waals surface area contributed by atoms with Gasteiger partial charge in [-0.1, -0.05) is 11.6 Å². The van der Waals surface area contributed by atoms with Crippen LogP contribution in [-0.4, -0.2) is 11.9 Å². The molecule has 1 aliphatic heterocycles. The molecule has 4 nitrogen and oxygen atoms in total. The molecule has 0 saturated carbocycles. The van der Waals surface area contributed by atoms with Crippen molar-refractivity contribution in [2.75, 3.05) is 6.79 Å². The van der Waals surface area contributed by atoms with Gasteiger partial charge in [-0.25, -0.2) is 0 Å². The molecule has 0 unspecified atom stereocenters. The number of rotatable bonds is 0. The predicted molar refractivity (Wildman–Crippen MR) is 44.0 cm³/mol. The van der Waals surface area contributed by atoms with Gasteiger partial charge in [0.1, 0.15) is 11.1 Å². The third-order valence-corrected chi connectivity index (χ3v) is 2.05. The van der Waals surface area contributed by atoms with Gasteiger partial charge in [-0.3, -0.25) is 0 Å². The van der Waals surface area contributed by atoms with Crippen LogP contribution in [-0.2, 0) is 0 Å². The second kappa shape index (κ2) is 2.71. The van der Waals surface area contributed by atoms with E-state index in [9.17, 15) is 5.11 Å². The van der Waals surface area contributed by atoms with E-state index in [0.717, 1.165) is 0 Å². The smallest absolute Gasteiger partial charge is 0.231 e. The highest BCUT2D eigenvalue weighted by molar-refractivity contribution is 6.34. The lowest BCUT2D eigenvalue weighted by atomic mass is 10.2. The Morgan fingerprint density at radius 3 is 3.00 bits per heavy atom. The van der Waals surface area contributed by atoms with Crippen molar-refractivity contribution in [3.8, 4) is 23.3 Å². The minimum Gasteiger partial charge on any atom is -0.505 e. The monoisotopic (exact) mass is 197 g/mol. The Bertz CT molecular complexity index is 407. The maximum Gasteiger partial charge on any atom is 0.231 e. The number of nitrogens with zero attached hydrogens (tertiary/aromatic N) is 1. The van der Waals surface area contributed by atoms with Crippen LogP contribution in [0.4, 0.5) is 0 Å². The fourth-order valence-corrected chi connectivity index (χ4v) is 1.33. The number of ether oxygens (including phenoxy) is 2. The molecule has 0 amide bonds. The number of halogens is 1. The quantitative estimate of drug-likeness (QED) is 0.687. The number of hydrogen-bond acceptors (Lipinski definition) is 4. The Balaban J connectivity index is 2.70. The number of phenols is 1. The Kier molecular flexibility index (Phi) is 1.67. The van der Waals surface area contributed by atoms with Gasteiger partial charge in [-0.2, -0.15) is 5.26 Å². The number of fused-ring (bicyclic) bond motifs is 1. The summed E-state index contributed by atoms with van der Waals surface area (Å²) in [6.45, 7) is 0.0589. The molecular weight excluding hydrogens is 194 g/mol. The summed E-state index contributed by atoms with van der Waals surface area (Å²) in [6, 6.07) is 3.19. The molecule has 0 aromatic heterocycles. The van der Waals surface area contributed by atoms with E-state index in [1.54, 1.807) is 6.07 Å². The first-order valence-electron chi connectivity index (χ1n) is 3.45. The van der Waals surface area contributed by atoms with Crippen molar-refractivity contribution in [2.24, 2.45) is 0 Å². The molecule has 1 heterocycles. The molecule has 0 saturated heterocycles. The first-order valence-corrected chi connectivity index (χ1v) is 3.83. The third kappa shape index (κ3) is 1.05. The molecule has 0 aliphatic carbocycles. The number of hydrogen-bond donors (Lipinski definition) is 1. The van der Waals surface area contributed by atoms with E-state index in [-0.39, 0.29) is 28.9 Å². The van der Waals surface area contributed by atoms with E-state index in [1.807, 2.05) is 0 Å². The van der Waals surface area contributed by atoms with Crippen LogP contribution in [0.15, 0.2) is 6.07 Å². The van der Waals surface area contributed by atoms with E-state index in [2.05, 4.69) is 0 Å². The van der Waals surface area contributed by atoms with Crippen molar-refractivity contribution in [2.45, 2.75) is 0 Å². The molecule has 1 aromatic carbocycles. The zero-order valence-electron chi connectivity index (χ0n) is 6.37. The lowest BCUT2D eigenvalue weighted by Crippen LogP contribution is -1.93. The van der Waals surface area contributed by atoms with Gasteiger partial charge in [-0.15, -0.1) is 0 Å². The molecule has 1 aromatic rings. The average molecular weight is 198 g/mol. The molecule has 13 heavy (non-hydrogen) atoms. The van der Waals surface area contributed by atoms with E-state index in [4.69, 9.17) is 26.3 Å². The van der Waals surface area contributed by atoms with E-state index < -0.39 is 0 Å². The molecule has 66 valence electrons. The van der Waals surface area contributed by atoms with Crippen LogP contribution in [0.1, 0.15) is 5.56 Å². The van der Waals surface area contributed by atoms with Gasteiger partial charge >= 0.3 is 0 Å². The summed E-state index contributed by atoms with van der Waals surface area (Å²) in [4.78, 5) is 0. The molecule has 1 aliphatic rings. The fourth-order valence-electron chi connectivity index (χ4n) is 1.08. The van der Waals surface area contributed by atoms with Crippen LogP contribution >= 0.6 is 11.6 Å². The Hall–Kier alpha value is -1.60. The average Bonchev–Trinajstić information content (AvgIpc) is 2.59. The minimum atomic E-state index is -0.270. The van der Waals surface area contributed by atoms with Gasteiger partial charge in [0, 0.05) is 6.07 Å². The molecule has 0 atom stereocenters. The third-order valence-electron chi connectivity index (χ3n) is 1.70. The second-order valence-electron chi connectivity index (χ2n) is 2.43. The van der Waals surface area contributed by atoms with E-state index in [0.29, 0.717) is 5.75 Å². The summed E-state index contributed by atoms with van der Waals surface area (Å²) in [7, 11) is 0. The van der Waals surface area contributed by atoms with Crippen LogP contribution < -0.4 is 9.47 Å². The summed E-state index contributed by atoms with van der Waals surface area (Å²) in [5.41, 5.74) is 0.0780. The zero-order chi connectivity index (χ0) is 9.42. The van der Waals surface area contributed by atoms with Crippen LogP contribution in [0.3, 0.4) is 0 Å². The second-order valence-corrected chi connectivity index (χ2v) is 2.81. The molecule has 0 fully saturated rings. The van der Waals surface area contributed by atoms with Gasteiger partial charge in [0.2, 0.25) is 6.79 Å². The highest BCUT2D eigenvalue weighted by Gasteiger charge is 2.22. The van der Waals surface area contributed by atoms with E-state index in [1.165, 1.54) is 6.07 Å². The van der Waals surface area contributed by atoms with E-state index >= 15 is 0 Å². The van der Waals surface area contributed by atoms with Crippen LogP contribution in [0.2, 0.25) is 5.02 Å². The van der Waals surface area contributed by atoms with Gasteiger partial charge in [0.15, 0.2) is 17.2 Å². The molecule has 2 rings (SSSR count). The van der Waals surface area contributed by atoms with Crippen LogP contribution in [0.25, 0.3) is 0 Å². The van der Waals surface area contributed by atoms with Crippen molar-refractivity contribution < 1.29 is 14.6 Å². The van der Waals surface area contributed by atoms with Gasteiger partial charge in [0.25, 0.3) is 0 Å². The molecule has 0 spiro atoms. The van der Waals surface area contributed by atoms with Crippen LogP contribution in [0, 0.1) is 11.3 Å². The highest BCUT2D eigenvalue weighted by Crippen LogP contribution is 2.45. The van der Waals surface area contributed by atoms with Crippen molar-refractivity contribution in [1.82, 2.24) is 0 Å². The van der Waals surface area contributed by atoms with Gasteiger partial charge in [0.05, 0.1) is 5.56 Å². The number of benzene rings is 1. The Morgan fingerprint density at radius 1 is 1.54 bits per heavy atom. The Labute approximate surface area is 78.9 Å². The van der Waals surface area contributed by atoms with Crippen molar-refractivity contribution in [3.05, 3.63) is 16.7 Å². The fraction of sp³-hybridized carbons (Fsp3) is 0.125. The summed E-state index contributed by atoms with van der Waals surface area (Å²) in [6.07, 6.45) is 0. The summed E-state index contributed by atoms with van der Waals surface area (Å²) in [5.74, 6) is 0.408. The lowest BCUT2D eigenvalue weighted by Gasteiger charge is -2.02. The molecule has 5 heteroatoms. The SMILES string of the molecule is N#Cc1cc2c(c(Cl)c1O)OCO2. The minimum absolute atomic E-state index is 0.0200. The first kappa shape index (κ1) is 8.02. The van der Waals surface area contributed by atoms with Crippen molar-refractivity contribution >= 4 is 11.6 Å². The molecule has 1 N–H and O–H groups in total. The number of aromatic hydroxyl groups is 1. The number of phenolic OH excluding ortho intramolecular Hbond substituents is 1. The highest BCUT2D eigenvalue weighted by atomic mass is 35.5. The van der Waals surface area contributed by atoms with Crippen molar-refractivity contribution in [1.29, 1.82) is 5.26 Å². The maximum atomic E-state index is 9.37. The molecular formula is C8H4ClNO3. The van der Waals surface area contributed by atoms with Crippen molar-refractivity contribution in [3.63, 3.8) is 0 Å². The molecule has 0 radical (unpaired) electrons. The lowest BCUT2D eigenvalue weighted by molar-refractivity contribution is 0.174. The maximum absolute atomic E-state index is 9.37. The summed E-state index contributed by atoms with van der Waals surface area (Å²) >= 11 is 5.72. The largest absolute Gasteiger partial charge is 0.505 e. The summed E-state index contributed by atoms with van der Waals surface area (Å²) < 4.78 is 9.99. The zero-order valence-corrected chi connectivity index (χ0v) is 7.13. The normalized spacial score (nSPS) is 12.6. The Morgan fingerprint density at radius 2 is 2.31 bits per heavy atom. The summed E-state index contributed by atoms with van der Waals surface area (Å²) in [5, 5.41) is 18.0. The topological polar surface area (TPSA) is 62.5 Å².